The number of ether oxygens (including phenoxy) is 1. The Bertz CT molecular complexity index is 1290. The summed E-state index contributed by atoms with van der Waals surface area (Å²) in [5.41, 5.74) is 3.30. The second kappa shape index (κ2) is 10.1. The lowest BCUT2D eigenvalue weighted by molar-refractivity contribution is -0.224. The molecule has 3 aromatic rings. The van der Waals surface area contributed by atoms with Crippen molar-refractivity contribution in [1.29, 1.82) is 0 Å². The van der Waals surface area contributed by atoms with Gasteiger partial charge < -0.3 is 24.6 Å². The Morgan fingerprint density at radius 2 is 1.71 bits per heavy atom. The van der Waals surface area contributed by atoms with Crippen molar-refractivity contribution in [2.24, 2.45) is 0 Å². The first-order valence-electron chi connectivity index (χ1n) is 11.0. The fourth-order valence-corrected chi connectivity index (χ4v) is 5.81. The number of aliphatic hydroxyl groups excluding tert-OH is 3. The summed E-state index contributed by atoms with van der Waals surface area (Å²) >= 11 is 1.57. The van der Waals surface area contributed by atoms with Crippen molar-refractivity contribution in [3.05, 3.63) is 82.0 Å². The van der Waals surface area contributed by atoms with Crippen LogP contribution in [-0.2, 0) is 21.3 Å². The molecule has 0 amide bonds. The molecule has 2 aromatic carbocycles. The number of aryl methyl sites for hydroxylation is 1. The molecule has 1 fully saturated rings. The van der Waals surface area contributed by atoms with Crippen molar-refractivity contribution < 1.29 is 37.4 Å². The minimum Gasteiger partial charge on any atom is -0.748 e. The van der Waals surface area contributed by atoms with E-state index in [9.17, 15) is 32.7 Å². The fraction of sp³-hybridized carbons (Fsp3) is 0.360. The molecule has 3 N–H and O–H groups in total. The van der Waals surface area contributed by atoms with Gasteiger partial charge in [0, 0.05) is 16.2 Å². The highest BCUT2D eigenvalue weighted by Gasteiger charge is 2.47. The molecule has 0 bridgehead atoms. The molecular weight excluding hydrogens is 495 g/mol. The Hall–Kier alpha value is -2.18. The van der Waals surface area contributed by atoms with Crippen LogP contribution in [0.15, 0.2) is 54.6 Å². The molecule has 1 aliphatic rings. The fourth-order valence-electron chi connectivity index (χ4n) is 4.22. The molecule has 1 unspecified atom stereocenters. The van der Waals surface area contributed by atoms with Crippen molar-refractivity contribution >= 4 is 21.5 Å². The molecule has 188 valence electrons. The zero-order valence-electron chi connectivity index (χ0n) is 19.0. The number of benzene rings is 2. The minimum atomic E-state index is -4.81. The van der Waals surface area contributed by atoms with E-state index in [0.29, 0.717) is 12.0 Å². The van der Waals surface area contributed by atoms with Crippen LogP contribution in [0.5, 0.6) is 0 Å². The number of aliphatic hydroxyl groups is 3. The summed E-state index contributed by atoms with van der Waals surface area (Å²) < 4.78 is 53.5. The van der Waals surface area contributed by atoms with Gasteiger partial charge in [0.1, 0.15) is 36.3 Å². The molecule has 1 saturated heterocycles. The van der Waals surface area contributed by atoms with E-state index >= 15 is 0 Å². The first kappa shape index (κ1) is 25.9. The third-order valence-electron chi connectivity index (χ3n) is 6.43. The maximum Gasteiger partial charge on any atom is 0.123 e. The Morgan fingerprint density at radius 1 is 1.03 bits per heavy atom. The van der Waals surface area contributed by atoms with Crippen LogP contribution < -0.4 is 0 Å². The molecule has 6 atom stereocenters. The second-order valence-electron chi connectivity index (χ2n) is 8.83. The van der Waals surface area contributed by atoms with Crippen LogP contribution in [0.25, 0.3) is 10.4 Å². The Morgan fingerprint density at radius 3 is 2.37 bits per heavy atom. The van der Waals surface area contributed by atoms with E-state index < -0.39 is 45.9 Å². The lowest BCUT2D eigenvalue weighted by Crippen LogP contribution is -2.58. The summed E-state index contributed by atoms with van der Waals surface area (Å²) in [7, 11) is -4.81. The number of hydrogen-bond donors (Lipinski definition) is 3. The van der Waals surface area contributed by atoms with Crippen LogP contribution in [0.4, 0.5) is 4.39 Å². The first-order chi connectivity index (χ1) is 16.5. The molecular formula is C25H26FO7S2-. The quantitative estimate of drug-likeness (QED) is 0.426. The predicted octanol–water partition coefficient (Wildman–Crippen LogP) is 2.91. The maximum atomic E-state index is 13.2. The molecule has 0 spiro atoms. The van der Waals surface area contributed by atoms with Gasteiger partial charge in [0.25, 0.3) is 0 Å². The van der Waals surface area contributed by atoms with Crippen LogP contribution in [0.2, 0.25) is 0 Å². The monoisotopic (exact) mass is 521 g/mol. The largest absolute Gasteiger partial charge is 0.748 e. The zero-order valence-corrected chi connectivity index (χ0v) is 20.7. The van der Waals surface area contributed by atoms with Gasteiger partial charge >= 0.3 is 0 Å². The van der Waals surface area contributed by atoms with E-state index in [-0.39, 0.29) is 5.82 Å². The topological polar surface area (TPSA) is 127 Å². The van der Waals surface area contributed by atoms with Gasteiger partial charge in [-0.3, -0.25) is 0 Å². The average Bonchev–Trinajstić information content (AvgIpc) is 3.27. The molecule has 1 aromatic heterocycles. The molecule has 2 heterocycles. The van der Waals surface area contributed by atoms with Crippen molar-refractivity contribution in [3.63, 3.8) is 0 Å². The number of thiophene rings is 1. The lowest BCUT2D eigenvalue weighted by Gasteiger charge is -2.43. The highest BCUT2D eigenvalue weighted by molar-refractivity contribution is 7.86. The molecule has 0 radical (unpaired) electrons. The van der Waals surface area contributed by atoms with E-state index in [1.54, 1.807) is 35.6 Å². The Labute approximate surface area is 207 Å². The maximum absolute atomic E-state index is 13.2. The summed E-state index contributed by atoms with van der Waals surface area (Å²) in [6, 6.07) is 15.5. The van der Waals surface area contributed by atoms with Gasteiger partial charge in [-0.05, 0) is 60.4 Å². The zero-order chi connectivity index (χ0) is 25.5. The third-order valence-corrected chi connectivity index (χ3v) is 8.74. The Kier molecular flexibility index (Phi) is 7.44. The summed E-state index contributed by atoms with van der Waals surface area (Å²) in [6.45, 7) is 3.03. The van der Waals surface area contributed by atoms with E-state index in [2.05, 4.69) is 0 Å². The van der Waals surface area contributed by atoms with E-state index in [4.69, 9.17) is 4.74 Å². The van der Waals surface area contributed by atoms with Gasteiger partial charge in [-0.25, -0.2) is 12.8 Å². The lowest BCUT2D eigenvalue weighted by atomic mass is 9.88. The van der Waals surface area contributed by atoms with E-state index in [0.717, 1.165) is 33.4 Å². The molecule has 1 aliphatic heterocycles. The van der Waals surface area contributed by atoms with Crippen molar-refractivity contribution in [2.75, 3.05) is 0 Å². The summed E-state index contributed by atoms with van der Waals surface area (Å²) in [5, 5.41) is 29.6. The van der Waals surface area contributed by atoms with Gasteiger partial charge in [-0.15, -0.1) is 11.3 Å². The molecule has 4 rings (SSSR count). The van der Waals surface area contributed by atoms with Crippen molar-refractivity contribution in [3.8, 4) is 10.4 Å². The van der Waals surface area contributed by atoms with Gasteiger partial charge in [-0.1, -0.05) is 30.3 Å². The van der Waals surface area contributed by atoms with Crippen LogP contribution >= 0.6 is 11.3 Å². The molecule has 35 heavy (non-hydrogen) atoms. The molecule has 0 aliphatic carbocycles. The van der Waals surface area contributed by atoms with Crippen molar-refractivity contribution in [2.45, 2.75) is 56.0 Å². The Balaban J connectivity index is 1.59. The van der Waals surface area contributed by atoms with Gasteiger partial charge in [0.2, 0.25) is 0 Å². The smallest absolute Gasteiger partial charge is 0.123 e. The number of halogens is 1. The van der Waals surface area contributed by atoms with Gasteiger partial charge in [0.15, 0.2) is 0 Å². The highest BCUT2D eigenvalue weighted by Crippen LogP contribution is 2.36. The van der Waals surface area contributed by atoms with E-state index in [1.165, 1.54) is 12.1 Å². The predicted molar refractivity (Wildman–Crippen MR) is 128 cm³/mol. The SMILES string of the molecule is Cc1ccc([C@H]2O[C@@H](C(C)S(=O)(=O)[O-])[C@@H](O)[C@H](O)[C@H]2O)cc1Cc1ccc(-c2ccc(F)cc2)s1. The molecule has 10 heteroatoms. The second-order valence-corrected chi connectivity index (χ2v) is 11.7. The highest BCUT2D eigenvalue weighted by atomic mass is 32.2. The van der Waals surface area contributed by atoms with Crippen LogP contribution in [-0.4, -0.2) is 58.0 Å². The third kappa shape index (κ3) is 5.49. The van der Waals surface area contributed by atoms with E-state index in [1.807, 2.05) is 25.1 Å². The van der Waals surface area contributed by atoms with Crippen LogP contribution in [0.3, 0.4) is 0 Å². The van der Waals surface area contributed by atoms with Gasteiger partial charge in [-0.2, -0.15) is 0 Å². The number of rotatable bonds is 6. The summed E-state index contributed by atoms with van der Waals surface area (Å²) in [5.74, 6) is -0.299. The minimum absolute atomic E-state index is 0.299. The average molecular weight is 522 g/mol. The molecule has 7 nitrogen and oxygen atoms in total. The number of hydrogen-bond acceptors (Lipinski definition) is 8. The van der Waals surface area contributed by atoms with Crippen LogP contribution in [0.1, 0.15) is 34.6 Å². The summed E-state index contributed by atoms with van der Waals surface area (Å²) in [4.78, 5) is 2.04. The first-order valence-corrected chi connectivity index (χ1v) is 13.3. The molecule has 0 saturated carbocycles. The normalized spacial score (nSPS) is 26.0. The van der Waals surface area contributed by atoms with Crippen LogP contribution in [0, 0.1) is 12.7 Å². The summed E-state index contributed by atoms with van der Waals surface area (Å²) in [6.07, 6.45) is -7.02. The van der Waals surface area contributed by atoms with Gasteiger partial charge in [0.05, 0.1) is 15.4 Å². The standard InChI is InChI=1S/C25H27FO7S2/c1-13-3-4-16(25-23(29)21(27)22(28)24(33-25)14(2)35(30,31)32)11-17(13)12-19-9-10-20(34-19)15-5-7-18(26)8-6-15/h3-11,14,21-25,27-29H,12H2,1-2H3,(H,30,31,32)/p-1/t14?,21-,22-,23+,24-,25+/m0/s1. The van der Waals surface area contributed by atoms with Crippen molar-refractivity contribution in [1.82, 2.24) is 0 Å².